The van der Waals surface area contributed by atoms with Crippen LogP contribution in [-0.4, -0.2) is 44.4 Å². The topological polar surface area (TPSA) is 93.7 Å². The van der Waals surface area contributed by atoms with Gasteiger partial charge in [0.1, 0.15) is 11.9 Å². The van der Waals surface area contributed by atoms with Gasteiger partial charge in [-0.25, -0.2) is 13.1 Å². The van der Waals surface area contributed by atoms with E-state index < -0.39 is 14.8 Å². The number of carbonyl (C=O) groups is 1. The molecule has 1 aromatic carbocycles. The molecule has 3 rings (SSSR count). The number of nitrogens with one attached hydrogen (secondary N) is 2. The number of benzene rings is 1. The van der Waals surface area contributed by atoms with E-state index in [1.807, 2.05) is 24.3 Å². The van der Waals surface area contributed by atoms with Crippen molar-refractivity contribution in [2.45, 2.75) is 76.2 Å². The van der Waals surface area contributed by atoms with Crippen molar-refractivity contribution < 1.29 is 22.7 Å². The first-order chi connectivity index (χ1) is 14.1. The van der Waals surface area contributed by atoms with Crippen LogP contribution < -0.4 is 14.8 Å². The molecule has 1 saturated heterocycles. The van der Waals surface area contributed by atoms with Crippen molar-refractivity contribution >= 4 is 21.6 Å². The molecule has 0 bridgehead atoms. The molecule has 0 atom stereocenters. The maximum atomic E-state index is 12.6. The van der Waals surface area contributed by atoms with Crippen molar-refractivity contribution in [2.24, 2.45) is 5.92 Å². The van der Waals surface area contributed by atoms with E-state index in [2.05, 4.69) is 10.0 Å². The molecule has 168 valence electrons. The fourth-order valence-corrected chi connectivity index (χ4v) is 4.75. The van der Waals surface area contributed by atoms with Gasteiger partial charge in [0.15, 0.2) is 0 Å². The number of anilines is 1. The Labute approximate surface area is 180 Å². The maximum Gasteiger partial charge on any atom is 0.227 e. The van der Waals surface area contributed by atoms with Gasteiger partial charge in [0.2, 0.25) is 15.9 Å². The summed E-state index contributed by atoms with van der Waals surface area (Å²) < 4.78 is 37.9. The zero-order valence-corrected chi connectivity index (χ0v) is 19.0. The van der Waals surface area contributed by atoms with Crippen molar-refractivity contribution in [1.29, 1.82) is 0 Å². The van der Waals surface area contributed by atoms with Crippen molar-refractivity contribution in [1.82, 2.24) is 4.72 Å². The van der Waals surface area contributed by atoms with Crippen LogP contribution in [-0.2, 0) is 19.6 Å². The molecule has 0 spiro atoms. The van der Waals surface area contributed by atoms with Gasteiger partial charge in [-0.3, -0.25) is 4.79 Å². The average Bonchev–Trinajstić information content (AvgIpc) is 2.70. The summed E-state index contributed by atoms with van der Waals surface area (Å²) in [6.07, 6.45) is 4.67. The average molecular weight is 439 g/mol. The van der Waals surface area contributed by atoms with E-state index >= 15 is 0 Å². The summed E-state index contributed by atoms with van der Waals surface area (Å²) in [5.74, 6) is 0.690. The molecular weight excluding hydrogens is 404 g/mol. The van der Waals surface area contributed by atoms with Crippen LogP contribution in [0.2, 0.25) is 0 Å². The minimum Gasteiger partial charge on any atom is -0.490 e. The molecule has 1 aliphatic carbocycles. The number of hydrogen-bond donors (Lipinski definition) is 2. The molecule has 2 N–H and O–H groups in total. The number of hydrogen-bond acceptors (Lipinski definition) is 5. The molecule has 7 nitrogen and oxygen atoms in total. The summed E-state index contributed by atoms with van der Waals surface area (Å²) in [5.41, 5.74) is 0.745. The van der Waals surface area contributed by atoms with Crippen LogP contribution in [0.5, 0.6) is 5.75 Å². The van der Waals surface area contributed by atoms with Gasteiger partial charge in [-0.2, -0.15) is 0 Å². The van der Waals surface area contributed by atoms with Crippen molar-refractivity contribution in [3.05, 3.63) is 24.3 Å². The zero-order valence-electron chi connectivity index (χ0n) is 18.1. The molecule has 1 amide bonds. The fraction of sp³-hybridized carbons (Fsp3) is 0.682. The summed E-state index contributed by atoms with van der Waals surface area (Å²) in [5, 5.41) is 2.98. The van der Waals surface area contributed by atoms with Gasteiger partial charge >= 0.3 is 0 Å². The Balaban J connectivity index is 1.45. The van der Waals surface area contributed by atoms with Crippen LogP contribution in [0.15, 0.2) is 24.3 Å². The predicted octanol–water partition coefficient (Wildman–Crippen LogP) is 3.46. The van der Waals surface area contributed by atoms with E-state index in [9.17, 15) is 13.2 Å². The second-order valence-electron chi connectivity index (χ2n) is 9.23. The molecule has 0 radical (unpaired) electrons. The summed E-state index contributed by atoms with van der Waals surface area (Å²) >= 11 is 0. The Hall–Kier alpha value is -1.64. The van der Waals surface area contributed by atoms with Crippen LogP contribution in [0.3, 0.4) is 0 Å². The van der Waals surface area contributed by atoms with E-state index in [0.717, 1.165) is 37.5 Å². The van der Waals surface area contributed by atoms with Gasteiger partial charge in [-0.05, 0) is 70.7 Å². The smallest absolute Gasteiger partial charge is 0.227 e. The third-order valence-corrected chi connectivity index (χ3v) is 8.07. The molecule has 2 aliphatic rings. The highest BCUT2D eigenvalue weighted by atomic mass is 32.2. The maximum absolute atomic E-state index is 12.6. The number of ether oxygens (including phenoxy) is 2. The largest absolute Gasteiger partial charge is 0.490 e. The Bertz CT molecular complexity index is 803. The van der Waals surface area contributed by atoms with Gasteiger partial charge in [-0.1, -0.05) is 0 Å². The molecule has 1 saturated carbocycles. The molecular formula is C22H34N2O5S. The minimum atomic E-state index is -3.37. The number of amides is 1. The minimum absolute atomic E-state index is 0.00905. The summed E-state index contributed by atoms with van der Waals surface area (Å²) in [4.78, 5) is 12.6. The van der Waals surface area contributed by atoms with Gasteiger partial charge < -0.3 is 14.8 Å². The highest BCUT2D eigenvalue weighted by Crippen LogP contribution is 2.28. The van der Waals surface area contributed by atoms with Crippen molar-refractivity contribution in [3.63, 3.8) is 0 Å². The second-order valence-corrected chi connectivity index (χ2v) is 11.7. The fourth-order valence-electron chi connectivity index (χ4n) is 3.72. The van der Waals surface area contributed by atoms with Crippen LogP contribution in [0.1, 0.15) is 59.3 Å². The predicted molar refractivity (Wildman–Crippen MR) is 117 cm³/mol. The van der Waals surface area contributed by atoms with Crippen LogP contribution in [0, 0.1) is 5.92 Å². The molecule has 1 heterocycles. The second kappa shape index (κ2) is 9.66. The first kappa shape index (κ1) is 23.0. The normalized spacial score (nSPS) is 23.7. The molecule has 1 aromatic rings. The quantitative estimate of drug-likeness (QED) is 0.709. The van der Waals surface area contributed by atoms with E-state index in [1.54, 1.807) is 20.8 Å². The molecule has 0 unspecified atom stereocenters. The van der Waals surface area contributed by atoms with E-state index in [4.69, 9.17) is 9.47 Å². The Morgan fingerprint density at radius 3 is 2.17 bits per heavy atom. The number of sulfonamides is 1. The lowest BCUT2D eigenvalue weighted by Crippen LogP contribution is -2.46. The highest BCUT2D eigenvalue weighted by molar-refractivity contribution is 7.90. The Morgan fingerprint density at radius 2 is 1.60 bits per heavy atom. The monoisotopic (exact) mass is 438 g/mol. The van der Waals surface area contributed by atoms with E-state index in [-0.39, 0.29) is 24.0 Å². The third-order valence-electron chi connectivity index (χ3n) is 5.82. The zero-order chi connectivity index (χ0) is 21.8. The van der Waals surface area contributed by atoms with Gasteiger partial charge in [-0.15, -0.1) is 0 Å². The van der Waals surface area contributed by atoms with E-state index in [1.165, 1.54) is 0 Å². The van der Waals surface area contributed by atoms with Crippen LogP contribution in [0.4, 0.5) is 5.69 Å². The van der Waals surface area contributed by atoms with Crippen LogP contribution in [0.25, 0.3) is 0 Å². The molecule has 8 heteroatoms. The Morgan fingerprint density at radius 1 is 1.00 bits per heavy atom. The lowest BCUT2D eigenvalue weighted by Gasteiger charge is -2.30. The standard InChI is InChI=1S/C22H34N2O5S/c1-22(2,3)30(26,27)24-18-6-4-16(5-7-18)21(25)23-17-8-10-19(11-9-17)29-20-12-14-28-15-13-20/h8-11,16,18,20,24H,4-7,12-15H2,1-3H3,(H,23,25). The summed E-state index contributed by atoms with van der Waals surface area (Å²) in [6.45, 7) is 6.54. The van der Waals surface area contributed by atoms with E-state index in [0.29, 0.717) is 25.7 Å². The first-order valence-electron chi connectivity index (χ1n) is 10.8. The van der Waals surface area contributed by atoms with Gasteiger partial charge in [0.25, 0.3) is 0 Å². The van der Waals surface area contributed by atoms with Crippen molar-refractivity contribution in [2.75, 3.05) is 18.5 Å². The molecule has 2 fully saturated rings. The SMILES string of the molecule is CC(C)(C)S(=O)(=O)NC1CCC(C(=O)Nc2ccc(OC3CCOCC3)cc2)CC1. The number of rotatable bonds is 6. The number of carbonyl (C=O) groups excluding carboxylic acids is 1. The highest BCUT2D eigenvalue weighted by Gasteiger charge is 2.34. The van der Waals surface area contributed by atoms with Gasteiger partial charge in [0, 0.05) is 30.5 Å². The first-order valence-corrected chi connectivity index (χ1v) is 12.3. The lowest BCUT2D eigenvalue weighted by atomic mass is 9.86. The lowest BCUT2D eigenvalue weighted by molar-refractivity contribution is -0.120. The molecule has 30 heavy (non-hydrogen) atoms. The van der Waals surface area contributed by atoms with Gasteiger partial charge in [0.05, 0.1) is 18.0 Å². The van der Waals surface area contributed by atoms with Crippen LogP contribution >= 0.6 is 0 Å². The Kier molecular flexibility index (Phi) is 7.42. The summed E-state index contributed by atoms with van der Waals surface area (Å²) in [6, 6.07) is 7.37. The summed E-state index contributed by atoms with van der Waals surface area (Å²) in [7, 11) is -3.37. The van der Waals surface area contributed by atoms with Crippen molar-refractivity contribution in [3.8, 4) is 5.75 Å². The third kappa shape index (κ3) is 6.18. The molecule has 1 aliphatic heterocycles. The molecule has 0 aromatic heterocycles.